The zero-order valence-corrected chi connectivity index (χ0v) is 15.0. The second-order valence-corrected chi connectivity index (χ2v) is 6.18. The maximum absolute atomic E-state index is 12.3. The fourth-order valence-corrected chi connectivity index (χ4v) is 2.76. The maximum atomic E-state index is 12.3. The fourth-order valence-electron chi connectivity index (χ4n) is 2.76. The number of morpholine rings is 1. The molecule has 1 fully saturated rings. The number of furan rings is 1. The standard InChI is InChI=1S/C19H20N2O7/c22-17(21-6-8-26-15(11-21)10-18(23)24)12-28-14-4-1-3-13(9-14)20-19(25)16-5-2-7-27-16/h1-5,7,9,15H,6,8,10-12H2,(H,20,25)(H,23,24). The van der Waals surface area contributed by atoms with Gasteiger partial charge in [0.1, 0.15) is 5.75 Å². The van der Waals surface area contributed by atoms with Gasteiger partial charge in [-0.25, -0.2) is 0 Å². The second kappa shape index (κ2) is 9.05. The molecule has 0 spiro atoms. The van der Waals surface area contributed by atoms with E-state index in [4.69, 9.17) is 19.0 Å². The summed E-state index contributed by atoms with van der Waals surface area (Å²) < 4.78 is 15.9. The van der Waals surface area contributed by atoms with Crippen molar-refractivity contribution in [1.82, 2.24) is 4.90 Å². The Morgan fingerprint density at radius 3 is 2.86 bits per heavy atom. The van der Waals surface area contributed by atoms with Crippen LogP contribution >= 0.6 is 0 Å². The number of ether oxygens (including phenoxy) is 2. The highest BCUT2D eigenvalue weighted by atomic mass is 16.5. The monoisotopic (exact) mass is 388 g/mol. The molecule has 9 nitrogen and oxygen atoms in total. The van der Waals surface area contributed by atoms with E-state index in [1.807, 2.05) is 0 Å². The molecule has 1 aliphatic heterocycles. The molecule has 2 amide bonds. The number of rotatable bonds is 7. The van der Waals surface area contributed by atoms with Crippen LogP contribution < -0.4 is 10.1 Å². The average molecular weight is 388 g/mol. The van der Waals surface area contributed by atoms with Crippen molar-refractivity contribution in [3.8, 4) is 5.75 Å². The lowest BCUT2D eigenvalue weighted by atomic mass is 10.2. The minimum atomic E-state index is -0.969. The number of carboxylic acids is 1. The summed E-state index contributed by atoms with van der Waals surface area (Å²) in [7, 11) is 0. The van der Waals surface area contributed by atoms with Gasteiger partial charge in [-0.3, -0.25) is 14.4 Å². The molecule has 1 unspecified atom stereocenters. The molecule has 0 bridgehead atoms. The maximum Gasteiger partial charge on any atom is 0.306 e. The van der Waals surface area contributed by atoms with Crippen LogP contribution in [0.5, 0.6) is 5.75 Å². The Morgan fingerprint density at radius 2 is 2.11 bits per heavy atom. The molecule has 0 radical (unpaired) electrons. The van der Waals surface area contributed by atoms with Gasteiger partial charge in [-0.15, -0.1) is 0 Å². The normalized spacial score (nSPS) is 16.4. The number of anilines is 1. The predicted molar refractivity (Wildman–Crippen MR) is 97.2 cm³/mol. The van der Waals surface area contributed by atoms with Gasteiger partial charge >= 0.3 is 5.97 Å². The van der Waals surface area contributed by atoms with Crippen molar-refractivity contribution < 1.29 is 33.4 Å². The Kier molecular flexibility index (Phi) is 6.28. The molecule has 148 valence electrons. The summed E-state index contributed by atoms with van der Waals surface area (Å²) in [6, 6.07) is 9.81. The summed E-state index contributed by atoms with van der Waals surface area (Å²) in [6.07, 6.45) is 0.740. The van der Waals surface area contributed by atoms with Gasteiger partial charge in [0, 0.05) is 24.8 Å². The van der Waals surface area contributed by atoms with Crippen LogP contribution in [0.3, 0.4) is 0 Å². The molecular weight excluding hydrogens is 368 g/mol. The van der Waals surface area contributed by atoms with Crippen molar-refractivity contribution in [2.45, 2.75) is 12.5 Å². The number of amides is 2. The van der Waals surface area contributed by atoms with Crippen molar-refractivity contribution >= 4 is 23.5 Å². The van der Waals surface area contributed by atoms with Crippen molar-refractivity contribution in [2.24, 2.45) is 0 Å². The quantitative estimate of drug-likeness (QED) is 0.740. The van der Waals surface area contributed by atoms with Crippen LogP contribution in [0.4, 0.5) is 5.69 Å². The minimum absolute atomic E-state index is 0.151. The third-order valence-electron chi connectivity index (χ3n) is 4.09. The van der Waals surface area contributed by atoms with E-state index in [9.17, 15) is 14.4 Å². The Hall–Kier alpha value is -3.33. The van der Waals surface area contributed by atoms with E-state index in [0.29, 0.717) is 18.0 Å². The number of aliphatic carboxylic acids is 1. The highest BCUT2D eigenvalue weighted by Crippen LogP contribution is 2.19. The van der Waals surface area contributed by atoms with Crippen LogP contribution in [0.1, 0.15) is 17.0 Å². The van der Waals surface area contributed by atoms with E-state index >= 15 is 0 Å². The molecule has 2 aromatic rings. The molecule has 3 rings (SSSR count). The Balaban J connectivity index is 1.52. The summed E-state index contributed by atoms with van der Waals surface area (Å²) in [5.41, 5.74) is 0.499. The second-order valence-electron chi connectivity index (χ2n) is 6.18. The number of carboxylic acid groups (broad SMARTS) is 1. The number of hydrogen-bond acceptors (Lipinski definition) is 6. The van der Waals surface area contributed by atoms with Gasteiger partial charge in [0.15, 0.2) is 12.4 Å². The number of hydrogen-bond donors (Lipinski definition) is 2. The SMILES string of the molecule is O=C(O)CC1CN(C(=O)COc2cccc(NC(=O)c3ccco3)c2)CCO1. The van der Waals surface area contributed by atoms with Crippen molar-refractivity contribution in [3.63, 3.8) is 0 Å². The number of carbonyl (C=O) groups excluding carboxylic acids is 2. The topological polar surface area (TPSA) is 118 Å². The lowest BCUT2D eigenvalue weighted by Gasteiger charge is -2.32. The number of nitrogens with zero attached hydrogens (tertiary/aromatic N) is 1. The summed E-state index contributed by atoms with van der Waals surface area (Å²) in [5.74, 6) is -1.02. The largest absolute Gasteiger partial charge is 0.484 e. The summed E-state index contributed by atoms with van der Waals surface area (Å²) in [4.78, 5) is 36.7. The lowest BCUT2D eigenvalue weighted by molar-refractivity contribution is -0.148. The van der Waals surface area contributed by atoms with Gasteiger partial charge in [-0.2, -0.15) is 0 Å². The van der Waals surface area contributed by atoms with Crippen molar-refractivity contribution in [3.05, 3.63) is 48.4 Å². The van der Waals surface area contributed by atoms with E-state index in [-0.39, 0.29) is 37.8 Å². The third-order valence-corrected chi connectivity index (χ3v) is 4.09. The van der Waals surface area contributed by atoms with Crippen molar-refractivity contribution in [1.29, 1.82) is 0 Å². The van der Waals surface area contributed by atoms with Gasteiger partial charge in [-0.1, -0.05) is 6.07 Å². The molecule has 28 heavy (non-hydrogen) atoms. The van der Waals surface area contributed by atoms with Gasteiger partial charge in [0.25, 0.3) is 11.8 Å². The molecule has 9 heteroatoms. The van der Waals surface area contributed by atoms with Crippen LogP contribution in [-0.2, 0) is 14.3 Å². The molecule has 1 aromatic heterocycles. The molecule has 1 aromatic carbocycles. The Morgan fingerprint density at radius 1 is 1.25 bits per heavy atom. The summed E-state index contributed by atoms with van der Waals surface area (Å²) in [6.45, 7) is 0.693. The summed E-state index contributed by atoms with van der Waals surface area (Å²) >= 11 is 0. The van der Waals surface area contributed by atoms with Gasteiger partial charge < -0.3 is 29.2 Å². The van der Waals surface area contributed by atoms with Crippen LogP contribution in [0.25, 0.3) is 0 Å². The van der Waals surface area contributed by atoms with Gasteiger partial charge in [-0.05, 0) is 24.3 Å². The van der Waals surface area contributed by atoms with Gasteiger partial charge in [0.2, 0.25) is 0 Å². The summed E-state index contributed by atoms with van der Waals surface area (Å²) in [5, 5.41) is 11.5. The fraction of sp³-hybridized carbons (Fsp3) is 0.316. The van der Waals surface area contributed by atoms with Crippen LogP contribution in [0, 0.1) is 0 Å². The van der Waals surface area contributed by atoms with E-state index in [1.54, 1.807) is 36.4 Å². The van der Waals surface area contributed by atoms with E-state index in [2.05, 4.69) is 5.32 Å². The number of nitrogens with one attached hydrogen (secondary N) is 1. The van der Waals surface area contributed by atoms with Gasteiger partial charge in [0.05, 0.1) is 25.4 Å². The zero-order valence-electron chi connectivity index (χ0n) is 15.0. The molecular formula is C19H20N2O7. The van der Waals surface area contributed by atoms with Crippen LogP contribution in [0.15, 0.2) is 47.1 Å². The highest BCUT2D eigenvalue weighted by molar-refractivity contribution is 6.02. The first kappa shape index (κ1) is 19.4. The third kappa shape index (κ3) is 5.34. The van der Waals surface area contributed by atoms with Crippen LogP contribution in [-0.4, -0.2) is 60.2 Å². The molecule has 2 N–H and O–H groups in total. The number of carbonyl (C=O) groups is 3. The van der Waals surface area contributed by atoms with E-state index < -0.39 is 18.0 Å². The lowest BCUT2D eigenvalue weighted by Crippen LogP contribution is -2.47. The zero-order chi connectivity index (χ0) is 19.9. The average Bonchev–Trinajstić information content (AvgIpc) is 3.21. The first-order chi connectivity index (χ1) is 13.5. The molecule has 1 saturated heterocycles. The Labute approximate surface area is 160 Å². The van der Waals surface area contributed by atoms with Crippen LogP contribution in [0.2, 0.25) is 0 Å². The molecule has 0 saturated carbocycles. The predicted octanol–water partition coefficient (Wildman–Crippen LogP) is 1.61. The first-order valence-corrected chi connectivity index (χ1v) is 8.70. The smallest absolute Gasteiger partial charge is 0.306 e. The minimum Gasteiger partial charge on any atom is -0.484 e. The highest BCUT2D eigenvalue weighted by Gasteiger charge is 2.26. The first-order valence-electron chi connectivity index (χ1n) is 8.70. The number of benzene rings is 1. The van der Waals surface area contributed by atoms with E-state index in [0.717, 1.165) is 0 Å². The molecule has 1 aliphatic rings. The van der Waals surface area contributed by atoms with E-state index in [1.165, 1.54) is 11.2 Å². The molecule has 0 aliphatic carbocycles. The Bertz CT molecular complexity index is 835. The molecule has 2 heterocycles. The van der Waals surface area contributed by atoms with Crippen molar-refractivity contribution in [2.75, 3.05) is 31.6 Å². The molecule has 1 atom stereocenters.